The summed E-state index contributed by atoms with van der Waals surface area (Å²) in [6, 6.07) is 65.6. The number of rotatable bonds is 9. The highest BCUT2D eigenvalue weighted by Gasteiger charge is 2.38. The Balaban J connectivity index is 1.45. The van der Waals surface area contributed by atoms with Crippen molar-refractivity contribution in [2.24, 2.45) is 0 Å². The minimum atomic E-state index is -0.0468. The Morgan fingerprint density at radius 1 is 0.558 bits per heavy atom. The van der Waals surface area contributed by atoms with Gasteiger partial charge in [-0.1, -0.05) is 164 Å². The molecule has 3 heteroatoms. The maximum Gasteiger partial charge on any atom is 0.248 e. The van der Waals surface area contributed by atoms with Gasteiger partial charge in [0.15, 0.2) is 0 Å². The van der Waals surface area contributed by atoms with Crippen molar-refractivity contribution in [1.29, 1.82) is 0 Å². The Morgan fingerprint density at radius 2 is 1.12 bits per heavy atom. The molecule has 7 aromatic carbocycles. The van der Waals surface area contributed by atoms with Crippen molar-refractivity contribution in [3.63, 3.8) is 0 Å². The van der Waals surface area contributed by atoms with Crippen LogP contribution in [-0.4, -0.2) is 6.71 Å². The molecule has 0 fully saturated rings. The summed E-state index contributed by atoms with van der Waals surface area (Å²) in [5, 5.41) is 0. The molecule has 0 amide bonds. The molecule has 8 rings (SSSR count). The van der Waals surface area contributed by atoms with E-state index >= 15 is 0 Å². The summed E-state index contributed by atoms with van der Waals surface area (Å²) in [5.41, 5.74) is 15.2. The number of hydrogen-bond donors (Lipinski definition) is 0. The normalized spacial score (nSPS) is 12.4. The van der Waals surface area contributed by atoms with Crippen molar-refractivity contribution in [2.45, 2.75) is 6.92 Å². The van der Waals surface area contributed by atoms with Gasteiger partial charge in [0.1, 0.15) is 0 Å². The summed E-state index contributed by atoms with van der Waals surface area (Å²) in [7, 11) is 0. The van der Waals surface area contributed by atoms with E-state index in [2.05, 4.69) is 211 Å². The van der Waals surface area contributed by atoms with Crippen LogP contribution in [-0.2, 0) is 0 Å². The minimum Gasteiger partial charge on any atom is -0.311 e. The van der Waals surface area contributed by atoms with Gasteiger partial charge in [-0.05, 0) is 94.7 Å². The van der Waals surface area contributed by atoms with Crippen LogP contribution in [0.1, 0.15) is 6.92 Å². The largest absolute Gasteiger partial charge is 0.311 e. The van der Waals surface area contributed by atoms with Crippen LogP contribution in [0.3, 0.4) is 0 Å². The Labute approximate surface area is 308 Å². The smallest absolute Gasteiger partial charge is 0.248 e. The number of anilines is 5. The summed E-state index contributed by atoms with van der Waals surface area (Å²) >= 11 is 0. The zero-order chi connectivity index (χ0) is 35.3. The van der Waals surface area contributed by atoms with Gasteiger partial charge in [-0.25, -0.2) is 0 Å². The third-order valence-corrected chi connectivity index (χ3v) is 9.83. The molecule has 0 radical (unpaired) electrons. The van der Waals surface area contributed by atoms with E-state index in [1.807, 2.05) is 19.1 Å². The first-order chi connectivity index (χ1) is 25.8. The molecule has 52 heavy (non-hydrogen) atoms. The van der Waals surface area contributed by atoms with E-state index in [4.69, 9.17) is 0 Å². The average molecular weight is 667 g/mol. The SMILES string of the molecule is C=CC(=CC=CC)N(c1ccccc1)c1ccc2c(c1)N(c1ccccc1)c1ccccc1B2c1c(-c2ccccc2)cccc1-c1ccccc1. The lowest BCUT2D eigenvalue weighted by molar-refractivity contribution is 1.20. The van der Waals surface area contributed by atoms with Gasteiger partial charge in [0.25, 0.3) is 0 Å². The highest BCUT2D eigenvalue weighted by atomic mass is 15.2. The maximum absolute atomic E-state index is 4.24. The summed E-state index contributed by atoms with van der Waals surface area (Å²) in [4.78, 5) is 4.73. The van der Waals surface area contributed by atoms with Crippen LogP contribution in [0.25, 0.3) is 22.3 Å². The maximum atomic E-state index is 4.24. The molecule has 0 saturated carbocycles. The highest BCUT2D eigenvalue weighted by Crippen LogP contribution is 2.40. The van der Waals surface area contributed by atoms with Gasteiger partial charge in [-0.15, -0.1) is 0 Å². The topological polar surface area (TPSA) is 6.48 Å². The molecule has 1 heterocycles. The first-order valence-corrected chi connectivity index (χ1v) is 17.9. The standard InChI is InChI=1S/C49H39BN2/c1-3-5-25-39(4-2)51(40-26-14-8-15-27-40)42-34-35-46-48(36-42)52(41-28-16-9-17-29-41)47-33-19-18-32-45(47)50(46)49-43(37-21-10-6-11-22-37)30-20-31-44(49)38-23-12-7-13-24-38/h3-36H,2H2,1H3. The zero-order valence-corrected chi connectivity index (χ0v) is 29.3. The number of hydrogen-bond acceptors (Lipinski definition) is 2. The Hall–Kier alpha value is -6.58. The Bertz CT molecular complexity index is 2320. The Morgan fingerprint density at radius 3 is 1.73 bits per heavy atom. The summed E-state index contributed by atoms with van der Waals surface area (Å²) in [6.45, 7) is 6.23. The summed E-state index contributed by atoms with van der Waals surface area (Å²) in [6.07, 6.45) is 8.17. The van der Waals surface area contributed by atoms with Crippen molar-refractivity contribution in [1.82, 2.24) is 0 Å². The number of nitrogens with zero attached hydrogens (tertiary/aromatic N) is 2. The quantitative estimate of drug-likeness (QED) is 0.112. The van der Waals surface area contributed by atoms with Crippen molar-refractivity contribution < 1.29 is 0 Å². The molecule has 0 saturated heterocycles. The second kappa shape index (κ2) is 14.7. The van der Waals surface area contributed by atoms with E-state index in [-0.39, 0.29) is 6.71 Å². The predicted octanol–water partition coefficient (Wildman–Crippen LogP) is 11.1. The summed E-state index contributed by atoms with van der Waals surface area (Å²) in [5.74, 6) is 0. The molecule has 0 unspecified atom stereocenters. The van der Waals surface area contributed by atoms with Gasteiger partial charge in [0.2, 0.25) is 6.71 Å². The molecule has 0 atom stereocenters. The van der Waals surface area contributed by atoms with Gasteiger partial charge < -0.3 is 9.80 Å². The fourth-order valence-corrected chi connectivity index (χ4v) is 7.58. The Kier molecular flexibility index (Phi) is 9.24. The molecule has 248 valence electrons. The molecule has 0 aliphatic carbocycles. The van der Waals surface area contributed by atoms with Crippen LogP contribution in [0.4, 0.5) is 28.4 Å². The lowest BCUT2D eigenvalue weighted by Gasteiger charge is -2.39. The number of allylic oxidation sites excluding steroid dienone is 4. The molecule has 1 aliphatic heterocycles. The molecular weight excluding hydrogens is 627 g/mol. The first-order valence-electron chi connectivity index (χ1n) is 17.9. The molecule has 0 bridgehead atoms. The van der Waals surface area contributed by atoms with Crippen LogP contribution < -0.4 is 26.2 Å². The number of para-hydroxylation sites is 3. The van der Waals surface area contributed by atoms with E-state index in [1.54, 1.807) is 0 Å². The molecule has 1 aliphatic rings. The molecular formula is C49H39BN2. The van der Waals surface area contributed by atoms with Crippen LogP contribution >= 0.6 is 0 Å². The number of benzene rings is 7. The minimum absolute atomic E-state index is 0.0468. The molecule has 2 nitrogen and oxygen atoms in total. The van der Waals surface area contributed by atoms with E-state index in [0.29, 0.717) is 0 Å². The molecule has 0 N–H and O–H groups in total. The van der Waals surface area contributed by atoms with Gasteiger partial charge in [0.05, 0.1) is 0 Å². The third-order valence-electron chi connectivity index (χ3n) is 9.83. The second-order valence-corrected chi connectivity index (χ2v) is 12.9. The van der Waals surface area contributed by atoms with Crippen LogP contribution in [0.15, 0.2) is 219 Å². The van der Waals surface area contributed by atoms with E-state index < -0.39 is 0 Å². The molecule has 0 spiro atoms. The van der Waals surface area contributed by atoms with Gasteiger partial charge in [-0.3, -0.25) is 0 Å². The zero-order valence-electron chi connectivity index (χ0n) is 29.3. The summed E-state index contributed by atoms with van der Waals surface area (Å²) < 4.78 is 0. The monoisotopic (exact) mass is 666 g/mol. The van der Waals surface area contributed by atoms with Crippen molar-refractivity contribution >= 4 is 51.5 Å². The van der Waals surface area contributed by atoms with E-state index in [0.717, 1.165) is 28.4 Å². The lowest BCUT2D eigenvalue weighted by Crippen LogP contribution is -2.58. The van der Waals surface area contributed by atoms with Crippen molar-refractivity contribution in [2.75, 3.05) is 9.80 Å². The highest BCUT2D eigenvalue weighted by molar-refractivity contribution is 6.99. The van der Waals surface area contributed by atoms with Gasteiger partial charge >= 0.3 is 0 Å². The van der Waals surface area contributed by atoms with Crippen molar-refractivity contribution in [3.8, 4) is 22.3 Å². The number of fused-ring (bicyclic) bond motifs is 2. The van der Waals surface area contributed by atoms with Crippen LogP contribution in [0.2, 0.25) is 0 Å². The predicted molar refractivity (Wildman–Crippen MR) is 225 cm³/mol. The molecule has 7 aromatic rings. The third kappa shape index (κ3) is 6.08. The fraction of sp³-hybridized carbons (Fsp3) is 0.0204. The van der Waals surface area contributed by atoms with E-state index in [9.17, 15) is 0 Å². The average Bonchev–Trinajstić information content (AvgIpc) is 3.22. The van der Waals surface area contributed by atoms with E-state index in [1.165, 1.54) is 44.3 Å². The second-order valence-electron chi connectivity index (χ2n) is 12.9. The van der Waals surface area contributed by atoms with Gasteiger partial charge in [-0.2, -0.15) is 0 Å². The van der Waals surface area contributed by atoms with Gasteiger partial charge in [0, 0.05) is 34.1 Å². The fourth-order valence-electron chi connectivity index (χ4n) is 7.58. The molecule has 0 aromatic heterocycles. The lowest BCUT2D eigenvalue weighted by atomic mass is 9.33. The first kappa shape index (κ1) is 32.6. The van der Waals surface area contributed by atoms with Crippen LogP contribution in [0, 0.1) is 0 Å². The van der Waals surface area contributed by atoms with Crippen LogP contribution in [0.5, 0.6) is 0 Å². The van der Waals surface area contributed by atoms with Crippen molar-refractivity contribution in [3.05, 3.63) is 219 Å².